The van der Waals surface area contributed by atoms with Crippen LogP contribution in [0.4, 0.5) is 4.79 Å². The van der Waals surface area contributed by atoms with Gasteiger partial charge in [-0.3, -0.25) is 4.79 Å². The van der Waals surface area contributed by atoms with Crippen molar-refractivity contribution >= 4 is 27.9 Å². The molecule has 0 bridgehead atoms. The Bertz CT molecular complexity index is 628. The molecule has 24 heavy (non-hydrogen) atoms. The Labute approximate surface area is 150 Å². The van der Waals surface area contributed by atoms with E-state index in [1.807, 2.05) is 20.8 Å². The highest BCUT2D eigenvalue weighted by Crippen LogP contribution is 2.28. The van der Waals surface area contributed by atoms with Crippen molar-refractivity contribution in [2.75, 3.05) is 20.2 Å². The fourth-order valence-electron chi connectivity index (χ4n) is 2.48. The highest BCUT2D eigenvalue weighted by Gasteiger charge is 2.31. The molecule has 1 heterocycles. The van der Waals surface area contributed by atoms with Gasteiger partial charge in [-0.2, -0.15) is 0 Å². The van der Waals surface area contributed by atoms with Crippen molar-refractivity contribution in [1.82, 2.24) is 10.2 Å². The van der Waals surface area contributed by atoms with Crippen LogP contribution in [0.25, 0.3) is 0 Å². The van der Waals surface area contributed by atoms with Crippen LogP contribution >= 0.6 is 15.9 Å². The van der Waals surface area contributed by atoms with E-state index in [1.54, 1.807) is 30.2 Å². The lowest BCUT2D eigenvalue weighted by atomic mass is 10.1. The molecule has 2 rings (SSSR count). The number of ether oxygens (including phenoxy) is 2. The van der Waals surface area contributed by atoms with Crippen molar-refractivity contribution in [1.29, 1.82) is 0 Å². The van der Waals surface area contributed by atoms with Crippen molar-refractivity contribution in [2.45, 2.75) is 38.8 Å². The van der Waals surface area contributed by atoms with Gasteiger partial charge in [-0.25, -0.2) is 4.79 Å². The Kier molecular flexibility index (Phi) is 5.74. The van der Waals surface area contributed by atoms with E-state index in [9.17, 15) is 9.59 Å². The van der Waals surface area contributed by atoms with Crippen molar-refractivity contribution in [2.24, 2.45) is 0 Å². The SMILES string of the molecule is COc1cccc(C(=O)NC2CCN(C(=O)OC(C)(C)C)C2)c1Br. The van der Waals surface area contributed by atoms with Crippen molar-refractivity contribution in [3.63, 3.8) is 0 Å². The molecule has 0 radical (unpaired) electrons. The van der Waals surface area contributed by atoms with Crippen LogP contribution < -0.4 is 10.1 Å². The first kappa shape index (κ1) is 18.6. The molecule has 0 spiro atoms. The summed E-state index contributed by atoms with van der Waals surface area (Å²) in [5.41, 5.74) is -0.0192. The molecular formula is C17H23BrN2O4. The molecule has 7 heteroatoms. The zero-order valence-corrected chi connectivity index (χ0v) is 16.0. The zero-order valence-electron chi connectivity index (χ0n) is 14.4. The highest BCUT2D eigenvalue weighted by molar-refractivity contribution is 9.10. The van der Waals surface area contributed by atoms with E-state index in [-0.39, 0.29) is 18.0 Å². The van der Waals surface area contributed by atoms with Gasteiger partial charge in [0, 0.05) is 19.1 Å². The van der Waals surface area contributed by atoms with E-state index in [4.69, 9.17) is 9.47 Å². The van der Waals surface area contributed by atoms with Gasteiger partial charge in [0.2, 0.25) is 0 Å². The molecule has 1 unspecified atom stereocenters. The summed E-state index contributed by atoms with van der Waals surface area (Å²) in [5, 5.41) is 2.96. The second-order valence-corrected chi connectivity index (χ2v) is 7.50. The molecule has 1 fully saturated rings. The number of likely N-dealkylation sites (tertiary alicyclic amines) is 1. The lowest BCUT2D eigenvalue weighted by Crippen LogP contribution is -2.40. The first-order chi connectivity index (χ1) is 11.2. The molecule has 1 aliphatic rings. The second kappa shape index (κ2) is 7.42. The van der Waals surface area contributed by atoms with Crippen LogP contribution in [0.3, 0.4) is 0 Å². The van der Waals surface area contributed by atoms with Gasteiger partial charge in [-0.1, -0.05) is 6.07 Å². The average Bonchev–Trinajstić information content (AvgIpc) is 2.94. The van der Waals surface area contributed by atoms with Crippen LogP contribution in [0.15, 0.2) is 22.7 Å². The normalized spacial score (nSPS) is 17.5. The first-order valence-corrected chi connectivity index (χ1v) is 8.62. The molecule has 1 atom stereocenters. The van der Waals surface area contributed by atoms with E-state index in [1.165, 1.54) is 0 Å². The van der Waals surface area contributed by atoms with Crippen LogP contribution in [0, 0.1) is 0 Å². The lowest BCUT2D eigenvalue weighted by Gasteiger charge is -2.24. The maximum Gasteiger partial charge on any atom is 0.410 e. The van der Waals surface area contributed by atoms with Gasteiger partial charge in [0.15, 0.2) is 0 Å². The Morgan fingerprint density at radius 3 is 2.67 bits per heavy atom. The first-order valence-electron chi connectivity index (χ1n) is 7.82. The predicted octanol–water partition coefficient (Wildman–Crippen LogP) is 3.20. The molecule has 0 aromatic heterocycles. The van der Waals surface area contributed by atoms with Crippen molar-refractivity contribution in [3.05, 3.63) is 28.2 Å². The van der Waals surface area contributed by atoms with Gasteiger partial charge in [0.05, 0.1) is 17.1 Å². The summed E-state index contributed by atoms with van der Waals surface area (Å²) in [6.07, 6.45) is 0.355. The average molecular weight is 399 g/mol. The number of carbonyl (C=O) groups is 2. The molecule has 1 saturated heterocycles. The number of halogens is 1. The molecule has 1 aliphatic heterocycles. The number of rotatable bonds is 3. The molecule has 132 valence electrons. The summed E-state index contributed by atoms with van der Waals surface area (Å²) in [7, 11) is 1.55. The molecule has 2 amide bonds. The third-order valence-corrected chi connectivity index (χ3v) is 4.42. The molecule has 1 N–H and O–H groups in total. The fraction of sp³-hybridized carbons (Fsp3) is 0.529. The Balaban J connectivity index is 1.96. The van der Waals surface area contributed by atoms with E-state index in [0.29, 0.717) is 35.3 Å². The highest BCUT2D eigenvalue weighted by atomic mass is 79.9. The second-order valence-electron chi connectivity index (χ2n) is 6.71. The Morgan fingerprint density at radius 2 is 2.04 bits per heavy atom. The number of hydrogen-bond acceptors (Lipinski definition) is 4. The largest absolute Gasteiger partial charge is 0.496 e. The topological polar surface area (TPSA) is 67.9 Å². The van der Waals surface area contributed by atoms with Gasteiger partial charge >= 0.3 is 6.09 Å². The summed E-state index contributed by atoms with van der Waals surface area (Å²) in [5.74, 6) is 0.404. The monoisotopic (exact) mass is 398 g/mol. The van der Waals surface area contributed by atoms with E-state index >= 15 is 0 Å². The minimum absolute atomic E-state index is 0.0943. The van der Waals surface area contributed by atoms with E-state index in [2.05, 4.69) is 21.2 Å². The number of nitrogens with one attached hydrogen (secondary N) is 1. The summed E-state index contributed by atoms with van der Waals surface area (Å²) in [6.45, 7) is 6.52. The summed E-state index contributed by atoms with van der Waals surface area (Å²) in [4.78, 5) is 26.2. The van der Waals surface area contributed by atoms with Gasteiger partial charge in [-0.15, -0.1) is 0 Å². The Hall–Kier alpha value is -1.76. The van der Waals surface area contributed by atoms with Gasteiger partial charge in [-0.05, 0) is 55.3 Å². The summed E-state index contributed by atoms with van der Waals surface area (Å²) in [6, 6.07) is 5.17. The third-order valence-electron chi connectivity index (χ3n) is 3.60. The van der Waals surface area contributed by atoms with Gasteiger partial charge < -0.3 is 19.7 Å². The molecule has 1 aromatic rings. The van der Waals surface area contributed by atoms with Crippen LogP contribution in [0.5, 0.6) is 5.75 Å². The number of hydrogen-bond donors (Lipinski definition) is 1. The number of amides is 2. The van der Waals surface area contributed by atoms with Crippen LogP contribution in [-0.2, 0) is 4.74 Å². The van der Waals surface area contributed by atoms with Crippen LogP contribution in [0.1, 0.15) is 37.6 Å². The maximum absolute atomic E-state index is 12.5. The molecular weight excluding hydrogens is 376 g/mol. The number of nitrogens with zero attached hydrogens (tertiary/aromatic N) is 1. The number of carbonyl (C=O) groups excluding carboxylic acids is 2. The molecule has 0 saturated carbocycles. The number of methoxy groups -OCH3 is 1. The van der Waals surface area contributed by atoms with Crippen molar-refractivity contribution in [3.8, 4) is 5.75 Å². The predicted molar refractivity (Wildman–Crippen MR) is 94.4 cm³/mol. The zero-order chi connectivity index (χ0) is 17.9. The minimum atomic E-state index is -0.524. The van der Waals surface area contributed by atoms with Crippen LogP contribution in [-0.4, -0.2) is 48.7 Å². The summed E-state index contributed by atoms with van der Waals surface area (Å²) >= 11 is 3.39. The molecule has 6 nitrogen and oxygen atoms in total. The number of benzene rings is 1. The smallest absolute Gasteiger partial charge is 0.410 e. The standard InChI is InChI=1S/C17H23BrN2O4/c1-17(2,3)24-16(22)20-9-8-11(10-20)19-15(21)12-6-5-7-13(23-4)14(12)18/h5-7,11H,8-10H2,1-4H3,(H,19,21). The van der Waals surface area contributed by atoms with Crippen molar-refractivity contribution < 1.29 is 19.1 Å². The Morgan fingerprint density at radius 1 is 1.33 bits per heavy atom. The maximum atomic E-state index is 12.5. The third kappa shape index (κ3) is 4.63. The van der Waals surface area contributed by atoms with Gasteiger partial charge in [0.1, 0.15) is 11.4 Å². The quantitative estimate of drug-likeness (QED) is 0.848. The summed E-state index contributed by atoms with van der Waals surface area (Å²) < 4.78 is 11.2. The molecule has 0 aliphatic carbocycles. The van der Waals surface area contributed by atoms with Gasteiger partial charge in [0.25, 0.3) is 5.91 Å². The van der Waals surface area contributed by atoms with Crippen LogP contribution in [0.2, 0.25) is 0 Å². The van der Waals surface area contributed by atoms with E-state index < -0.39 is 5.60 Å². The fourth-order valence-corrected chi connectivity index (χ4v) is 3.08. The lowest BCUT2D eigenvalue weighted by molar-refractivity contribution is 0.0290. The molecule has 1 aromatic carbocycles. The van der Waals surface area contributed by atoms with E-state index in [0.717, 1.165) is 0 Å². The minimum Gasteiger partial charge on any atom is -0.496 e.